The molecule has 4 heteroatoms. The second kappa shape index (κ2) is 11.9. The van der Waals surface area contributed by atoms with Gasteiger partial charge in [0.05, 0.1) is 6.61 Å². The molecule has 180 valence electrons. The number of rotatable bonds is 10. The van der Waals surface area contributed by atoms with Crippen LogP contribution in [0.15, 0.2) is 85.4 Å². The highest BCUT2D eigenvalue weighted by Crippen LogP contribution is 2.39. The second-order valence-electron chi connectivity index (χ2n) is 8.88. The number of hydrogen-bond acceptors (Lipinski definition) is 1. The predicted octanol–water partition coefficient (Wildman–Crippen LogP) is 8.98. The average molecular weight is 467 g/mol. The van der Waals surface area contributed by atoms with Gasteiger partial charge in [-0.3, -0.25) is 0 Å². The molecule has 1 fully saturated rings. The molecule has 34 heavy (non-hydrogen) atoms. The normalized spacial score (nSPS) is 18.4. The summed E-state index contributed by atoms with van der Waals surface area (Å²) in [5.74, 6) is -1.53. The number of allylic oxidation sites excluding steroid dienone is 4. The van der Waals surface area contributed by atoms with Gasteiger partial charge in [-0.25, -0.2) is 13.2 Å². The number of ether oxygens (including phenoxy) is 1. The number of aryl methyl sites for hydroxylation is 1. The maximum atomic E-state index is 15.0. The molecule has 0 spiro atoms. The fraction of sp³-hybridized carbons (Fsp3) is 0.333. The zero-order valence-electron chi connectivity index (χ0n) is 19.9. The number of benzene rings is 2. The van der Waals surface area contributed by atoms with Crippen LogP contribution in [-0.4, -0.2) is 6.61 Å². The maximum absolute atomic E-state index is 15.0. The lowest BCUT2D eigenvalue weighted by atomic mass is 9.78. The number of hydrogen-bond donors (Lipinski definition) is 0. The monoisotopic (exact) mass is 466 g/mol. The first-order chi connectivity index (χ1) is 16.3. The molecule has 1 nitrogen and oxygen atoms in total. The summed E-state index contributed by atoms with van der Waals surface area (Å²) < 4.78 is 48.9. The van der Waals surface area contributed by atoms with Gasteiger partial charge >= 0.3 is 0 Å². The van der Waals surface area contributed by atoms with E-state index in [2.05, 4.69) is 19.7 Å². The fourth-order valence-corrected chi connectivity index (χ4v) is 4.50. The minimum absolute atomic E-state index is 0.00211. The highest BCUT2D eigenvalue weighted by molar-refractivity contribution is 5.65. The van der Waals surface area contributed by atoms with E-state index in [1.54, 1.807) is 31.2 Å². The Labute approximate surface area is 201 Å². The van der Waals surface area contributed by atoms with Crippen molar-refractivity contribution in [2.75, 3.05) is 6.61 Å². The average Bonchev–Trinajstić information content (AvgIpc) is 2.85. The molecule has 0 atom stereocenters. The minimum atomic E-state index is -0.792. The first-order valence-corrected chi connectivity index (χ1v) is 11.9. The summed E-state index contributed by atoms with van der Waals surface area (Å²) in [7, 11) is 0. The molecule has 0 N–H and O–H groups in total. The molecule has 0 unspecified atom stereocenters. The van der Waals surface area contributed by atoms with Gasteiger partial charge in [-0.05, 0) is 80.1 Å². The van der Waals surface area contributed by atoms with Crippen LogP contribution >= 0.6 is 0 Å². The van der Waals surface area contributed by atoms with Crippen molar-refractivity contribution in [3.63, 3.8) is 0 Å². The van der Waals surface area contributed by atoms with Crippen molar-refractivity contribution < 1.29 is 17.9 Å². The Kier molecular flexibility index (Phi) is 8.98. The molecule has 1 saturated carbocycles. The SMILES string of the molecule is C=CC1CCC(c2ccc(-c3ccc(CCC(=C)/C=C(/F)C(=C)OCC)cc3)c(F)c2F)CC1. The van der Waals surface area contributed by atoms with Gasteiger partial charge in [-0.1, -0.05) is 61.2 Å². The zero-order chi connectivity index (χ0) is 24.7. The van der Waals surface area contributed by atoms with E-state index in [0.717, 1.165) is 31.2 Å². The van der Waals surface area contributed by atoms with Gasteiger partial charge < -0.3 is 4.74 Å². The van der Waals surface area contributed by atoms with E-state index >= 15 is 0 Å². The Bertz CT molecular complexity index is 1060. The Morgan fingerprint density at radius 1 is 1.00 bits per heavy atom. The lowest BCUT2D eigenvalue weighted by Gasteiger charge is -2.27. The molecule has 0 aromatic heterocycles. The van der Waals surface area contributed by atoms with Crippen molar-refractivity contribution in [2.45, 2.75) is 51.4 Å². The van der Waals surface area contributed by atoms with Crippen molar-refractivity contribution in [1.29, 1.82) is 0 Å². The highest BCUT2D eigenvalue weighted by atomic mass is 19.2. The van der Waals surface area contributed by atoms with E-state index in [1.165, 1.54) is 6.08 Å². The third-order valence-electron chi connectivity index (χ3n) is 6.57. The topological polar surface area (TPSA) is 9.23 Å². The molecule has 0 heterocycles. The van der Waals surface area contributed by atoms with Crippen LogP contribution in [0.3, 0.4) is 0 Å². The Morgan fingerprint density at radius 2 is 1.68 bits per heavy atom. The lowest BCUT2D eigenvalue weighted by molar-refractivity contribution is 0.226. The first kappa shape index (κ1) is 25.6. The van der Waals surface area contributed by atoms with E-state index in [4.69, 9.17) is 4.74 Å². The van der Waals surface area contributed by atoms with Crippen LogP contribution in [-0.2, 0) is 11.2 Å². The highest BCUT2D eigenvalue weighted by Gasteiger charge is 2.25. The van der Waals surface area contributed by atoms with Crippen LogP contribution in [0.1, 0.15) is 56.1 Å². The Balaban J connectivity index is 1.65. The summed E-state index contributed by atoms with van der Waals surface area (Å²) in [6.45, 7) is 13.4. The van der Waals surface area contributed by atoms with E-state index in [9.17, 15) is 13.2 Å². The smallest absolute Gasteiger partial charge is 0.166 e. The fourth-order valence-electron chi connectivity index (χ4n) is 4.50. The second-order valence-corrected chi connectivity index (χ2v) is 8.88. The van der Waals surface area contributed by atoms with Crippen molar-refractivity contribution in [2.24, 2.45) is 5.92 Å². The third kappa shape index (κ3) is 6.31. The molecular weight excluding hydrogens is 433 g/mol. The summed E-state index contributed by atoms with van der Waals surface area (Å²) in [5, 5.41) is 0. The van der Waals surface area contributed by atoms with E-state index in [1.807, 2.05) is 18.2 Å². The lowest BCUT2D eigenvalue weighted by Crippen LogP contribution is -2.13. The molecule has 2 aromatic carbocycles. The van der Waals surface area contributed by atoms with Gasteiger partial charge in [0.2, 0.25) is 0 Å². The summed E-state index contributed by atoms with van der Waals surface area (Å²) in [4.78, 5) is 0. The van der Waals surface area contributed by atoms with Crippen LogP contribution in [0.25, 0.3) is 11.1 Å². The van der Waals surface area contributed by atoms with Crippen LogP contribution in [0.4, 0.5) is 13.2 Å². The standard InChI is InChI=1S/C30H33F3O/c1-5-22-9-13-24(14-10-22)26-17-18-27(30(33)29(26)32)25-15-11-23(12-16-25)8-7-20(3)19-28(31)21(4)34-6-2/h5,11-12,15-19,22,24H,1,3-4,6-10,13-14H2,2H3/b28-19+. The molecule has 2 aromatic rings. The quantitative estimate of drug-likeness (QED) is 0.193. The van der Waals surface area contributed by atoms with E-state index < -0.39 is 17.5 Å². The van der Waals surface area contributed by atoms with Crippen LogP contribution in [0.5, 0.6) is 0 Å². The van der Waals surface area contributed by atoms with Crippen LogP contribution < -0.4 is 0 Å². The molecule has 0 radical (unpaired) electrons. The molecule has 0 saturated heterocycles. The summed E-state index contributed by atoms with van der Waals surface area (Å²) in [5.41, 5.74) is 2.98. The van der Waals surface area contributed by atoms with Gasteiger partial charge in [0, 0.05) is 5.56 Å². The van der Waals surface area contributed by atoms with Gasteiger partial charge in [0.15, 0.2) is 17.5 Å². The van der Waals surface area contributed by atoms with E-state index in [-0.39, 0.29) is 17.2 Å². The molecular formula is C30H33F3O. The van der Waals surface area contributed by atoms with Crippen LogP contribution in [0.2, 0.25) is 0 Å². The summed E-state index contributed by atoms with van der Waals surface area (Å²) in [6.07, 6.45) is 8.13. The Morgan fingerprint density at radius 3 is 2.29 bits per heavy atom. The van der Waals surface area contributed by atoms with Crippen molar-refractivity contribution in [3.05, 3.63) is 108 Å². The number of halogens is 3. The van der Waals surface area contributed by atoms with E-state index in [0.29, 0.717) is 42.1 Å². The van der Waals surface area contributed by atoms with Crippen LogP contribution in [0, 0.1) is 17.6 Å². The molecule has 1 aliphatic rings. The van der Waals surface area contributed by atoms with Crippen molar-refractivity contribution >= 4 is 0 Å². The van der Waals surface area contributed by atoms with Gasteiger partial charge in [0.1, 0.15) is 5.76 Å². The first-order valence-electron chi connectivity index (χ1n) is 11.9. The summed E-state index contributed by atoms with van der Waals surface area (Å²) in [6, 6.07) is 10.8. The van der Waals surface area contributed by atoms with Gasteiger partial charge in [0.25, 0.3) is 0 Å². The third-order valence-corrected chi connectivity index (χ3v) is 6.57. The van der Waals surface area contributed by atoms with Gasteiger partial charge in [-0.2, -0.15) is 0 Å². The molecule has 3 rings (SSSR count). The maximum Gasteiger partial charge on any atom is 0.166 e. The van der Waals surface area contributed by atoms with Crippen molar-refractivity contribution in [3.8, 4) is 11.1 Å². The zero-order valence-corrected chi connectivity index (χ0v) is 19.9. The molecule has 0 amide bonds. The van der Waals surface area contributed by atoms with Gasteiger partial charge in [-0.15, -0.1) is 6.58 Å². The molecule has 0 bridgehead atoms. The Hall–Kier alpha value is -3.01. The predicted molar refractivity (Wildman–Crippen MR) is 134 cm³/mol. The molecule has 0 aliphatic heterocycles. The largest absolute Gasteiger partial charge is 0.491 e. The minimum Gasteiger partial charge on any atom is -0.491 e. The summed E-state index contributed by atoms with van der Waals surface area (Å²) >= 11 is 0. The molecule has 1 aliphatic carbocycles. The van der Waals surface area contributed by atoms with Crippen molar-refractivity contribution in [1.82, 2.24) is 0 Å².